The molecule has 0 aromatic rings. The number of rotatable bonds is 1. The SMILES string of the molecule is O=C1CC(C2CCCS2)CC(=O)O1. The fourth-order valence-corrected chi connectivity index (χ4v) is 3.38. The van der Waals surface area contributed by atoms with Gasteiger partial charge in [0.1, 0.15) is 0 Å². The summed E-state index contributed by atoms with van der Waals surface area (Å²) in [6.07, 6.45) is 3.23. The molecule has 0 amide bonds. The largest absolute Gasteiger partial charge is 0.393 e. The molecule has 72 valence electrons. The number of carbonyl (C=O) groups excluding carboxylic acids is 2. The summed E-state index contributed by atoms with van der Waals surface area (Å²) in [4.78, 5) is 22.0. The molecule has 0 radical (unpaired) electrons. The van der Waals surface area contributed by atoms with Crippen LogP contribution in [0.3, 0.4) is 0 Å². The molecule has 13 heavy (non-hydrogen) atoms. The summed E-state index contributed by atoms with van der Waals surface area (Å²) in [5.74, 6) is 0.730. The molecule has 2 heterocycles. The molecule has 1 atom stereocenters. The van der Waals surface area contributed by atoms with Crippen molar-refractivity contribution in [3.8, 4) is 0 Å². The van der Waals surface area contributed by atoms with E-state index < -0.39 is 0 Å². The van der Waals surface area contributed by atoms with Gasteiger partial charge in [-0.15, -0.1) is 0 Å². The van der Waals surface area contributed by atoms with Gasteiger partial charge in [-0.05, 0) is 24.5 Å². The molecule has 0 bridgehead atoms. The van der Waals surface area contributed by atoms with Crippen LogP contribution in [0.4, 0.5) is 0 Å². The summed E-state index contributed by atoms with van der Waals surface area (Å²) in [7, 11) is 0. The average molecular weight is 200 g/mol. The van der Waals surface area contributed by atoms with Crippen LogP contribution in [0.5, 0.6) is 0 Å². The minimum atomic E-state index is -0.339. The second-order valence-electron chi connectivity index (χ2n) is 3.57. The number of hydrogen-bond acceptors (Lipinski definition) is 4. The molecule has 2 aliphatic heterocycles. The maximum atomic E-state index is 11.0. The molecule has 2 saturated heterocycles. The minimum absolute atomic E-state index is 0.237. The van der Waals surface area contributed by atoms with Crippen LogP contribution in [0.25, 0.3) is 0 Å². The molecule has 0 spiro atoms. The molecule has 2 aliphatic rings. The van der Waals surface area contributed by atoms with Gasteiger partial charge in [0, 0.05) is 5.25 Å². The van der Waals surface area contributed by atoms with Gasteiger partial charge in [0.15, 0.2) is 0 Å². The zero-order chi connectivity index (χ0) is 9.26. The van der Waals surface area contributed by atoms with Gasteiger partial charge < -0.3 is 4.74 Å². The van der Waals surface area contributed by atoms with Gasteiger partial charge in [-0.3, -0.25) is 9.59 Å². The van der Waals surface area contributed by atoms with E-state index >= 15 is 0 Å². The standard InChI is InChI=1S/C9H12O3S/c10-8-4-6(5-9(11)12-8)7-2-1-3-13-7/h6-7H,1-5H2. The van der Waals surface area contributed by atoms with Crippen molar-refractivity contribution in [1.82, 2.24) is 0 Å². The van der Waals surface area contributed by atoms with Gasteiger partial charge in [-0.25, -0.2) is 0 Å². The lowest BCUT2D eigenvalue weighted by Gasteiger charge is -2.24. The molecule has 4 heteroatoms. The fraction of sp³-hybridized carbons (Fsp3) is 0.778. The summed E-state index contributed by atoms with van der Waals surface area (Å²) in [5.41, 5.74) is 0. The van der Waals surface area contributed by atoms with Crippen molar-refractivity contribution in [1.29, 1.82) is 0 Å². The Kier molecular flexibility index (Phi) is 2.58. The van der Waals surface area contributed by atoms with Crippen LogP contribution in [-0.2, 0) is 14.3 Å². The van der Waals surface area contributed by atoms with Gasteiger partial charge in [-0.2, -0.15) is 11.8 Å². The Hall–Kier alpha value is -0.510. The van der Waals surface area contributed by atoms with Crippen molar-refractivity contribution in [2.45, 2.75) is 30.9 Å². The first-order valence-corrected chi connectivity index (χ1v) is 5.65. The number of cyclic esters (lactones) is 2. The lowest BCUT2D eigenvalue weighted by molar-refractivity contribution is -0.165. The molecule has 2 rings (SSSR count). The van der Waals surface area contributed by atoms with E-state index in [0.29, 0.717) is 18.1 Å². The van der Waals surface area contributed by atoms with E-state index in [2.05, 4.69) is 4.74 Å². The van der Waals surface area contributed by atoms with E-state index in [9.17, 15) is 9.59 Å². The highest BCUT2D eigenvalue weighted by Crippen LogP contribution is 2.36. The van der Waals surface area contributed by atoms with Gasteiger partial charge in [0.05, 0.1) is 12.8 Å². The number of ether oxygens (including phenoxy) is 1. The summed E-state index contributed by atoms with van der Waals surface area (Å²) in [5, 5.41) is 0.511. The van der Waals surface area contributed by atoms with Crippen LogP contribution >= 0.6 is 11.8 Å². The highest BCUT2D eigenvalue weighted by molar-refractivity contribution is 8.00. The maximum absolute atomic E-state index is 11.0. The van der Waals surface area contributed by atoms with Crippen molar-refractivity contribution < 1.29 is 14.3 Å². The predicted octanol–water partition coefficient (Wildman–Crippen LogP) is 1.36. The average Bonchev–Trinajstić information content (AvgIpc) is 2.53. The van der Waals surface area contributed by atoms with Crippen LogP contribution < -0.4 is 0 Å². The van der Waals surface area contributed by atoms with E-state index in [1.54, 1.807) is 0 Å². The third-order valence-corrected chi connectivity index (χ3v) is 4.15. The van der Waals surface area contributed by atoms with Crippen molar-refractivity contribution in [2.24, 2.45) is 5.92 Å². The van der Waals surface area contributed by atoms with Gasteiger partial charge in [-0.1, -0.05) is 0 Å². The monoisotopic (exact) mass is 200 g/mol. The van der Waals surface area contributed by atoms with E-state index in [1.807, 2.05) is 11.8 Å². The Bertz CT molecular complexity index is 217. The Balaban J connectivity index is 1.97. The van der Waals surface area contributed by atoms with E-state index in [4.69, 9.17) is 0 Å². The predicted molar refractivity (Wildman–Crippen MR) is 49.3 cm³/mol. The van der Waals surface area contributed by atoms with E-state index in [-0.39, 0.29) is 17.9 Å². The number of esters is 2. The number of thioether (sulfide) groups is 1. The van der Waals surface area contributed by atoms with Crippen LogP contribution in [0, 0.1) is 5.92 Å². The lowest BCUT2D eigenvalue weighted by Crippen LogP contribution is -2.30. The lowest BCUT2D eigenvalue weighted by atomic mass is 9.93. The summed E-state index contributed by atoms with van der Waals surface area (Å²) >= 11 is 1.89. The third kappa shape index (κ3) is 2.05. The molecule has 2 fully saturated rings. The van der Waals surface area contributed by atoms with Crippen LogP contribution in [0.2, 0.25) is 0 Å². The highest BCUT2D eigenvalue weighted by atomic mass is 32.2. The van der Waals surface area contributed by atoms with E-state index in [0.717, 1.165) is 6.42 Å². The zero-order valence-corrected chi connectivity index (χ0v) is 8.14. The molecule has 3 nitrogen and oxygen atoms in total. The zero-order valence-electron chi connectivity index (χ0n) is 7.32. The van der Waals surface area contributed by atoms with Crippen LogP contribution in [0.1, 0.15) is 25.7 Å². The third-order valence-electron chi connectivity index (χ3n) is 2.58. The van der Waals surface area contributed by atoms with E-state index in [1.165, 1.54) is 12.2 Å². The van der Waals surface area contributed by atoms with Crippen LogP contribution in [0.15, 0.2) is 0 Å². The van der Waals surface area contributed by atoms with Crippen molar-refractivity contribution in [2.75, 3.05) is 5.75 Å². The molecule has 0 aromatic carbocycles. The smallest absolute Gasteiger partial charge is 0.313 e. The second kappa shape index (κ2) is 3.70. The molecular formula is C9H12O3S. The molecule has 0 saturated carbocycles. The van der Waals surface area contributed by atoms with Crippen LogP contribution in [-0.4, -0.2) is 22.9 Å². The quantitative estimate of drug-likeness (QED) is 0.473. The Morgan fingerprint density at radius 3 is 2.46 bits per heavy atom. The number of hydrogen-bond donors (Lipinski definition) is 0. The highest BCUT2D eigenvalue weighted by Gasteiger charge is 2.34. The molecule has 0 aliphatic carbocycles. The molecule has 0 N–H and O–H groups in total. The van der Waals surface area contributed by atoms with Crippen molar-refractivity contribution >= 4 is 23.7 Å². The van der Waals surface area contributed by atoms with Gasteiger partial charge in [0.2, 0.25) is 0 Å². The first-order chi connectivity index (χ1) is 6.25. The molecular weight excluding hydrogens is 188 g/mol. The summed E-state index contributed by atoms with van der Waals surface area (Å²) in [6.45, 7) is 0. The molecule has 0 aromatic heterocycles. The Morgan fingerprint density at radius 1 is 1.23 bits per heavy atom. The van der Waals surface area contributed by atoms with Gasteiger partial charge >= 0.3 is 11.9 Å². The minimum Gasteiger partial charge on any atom is -0.393 e. The fourth-order valence-electron chi connectivity index (χ4n) is 1.95. The first kappa shape index (κ1) is 9.06. The van der Waals surface area contributed by atoms with Crippen molar-refractivity contribution in [3.05, 3.63) is 0 Å². The second-order valence-corrected chi connectivity index (χ2v) is 4.91. The summed E-state index contributed by atoms with van der Waals surface area (Å²) in [6, 6.07) is 0. The number of carbonyl (C=O) groups is 2. The Labute approximate surface area is 81.2 Å². The maximum Gasteiger partial charge on any atom is 0.313 e. The normalized spacial score (nSPS) is 30.6. The topological polar surface area (TPSA) is 43.4 Å². The Morgan fingerprint density at radius 2 is 1.92 bits per heavy atom. The molecule has 1 unspecified atom stereocenters. The van der Waals surface area contributed by atoms with Gasteiger partial charge in [0.25, 0.3) is 0 Å². The summed E-state index contributed by atoms with van der Waals surface area (Å²) < 4.78 is 4.49. The van der Waals surface area contributed by atoms with Crippen molar-refractivity contribution in [3.63, 3.8) is 0 Å². The first-order valence-electron chi connectivity index (χ1n) is 4.61.